The Balaban J connectivity index is 1.43. The zero-order chi connectivity index (χ0) is 21.5. The summed E-state index contributed by atoms with van der Waals surface area (Å²) in [5, 5.41) is 12.5. The lowest BCUT2D eigenvalue weighted by Crippen LogP contribution is -2.31. The Morgan fingerprint density at radius 1 is 1.03 bits per heavy atom. The molecule has 0 atom stereocenters. The zero-order valence-corrected chi connectivity index (χ0v) is 17.1. The number of pyridine rings is 1. The molecule has 0 saturated heterocycles. The van der Waals surface area contributed by atoms with Crippen molar-refractivity contribution in [2.45, 2.75) is 20.3 Å². The van der Waals surface area contributed by atoms with Crippen molar-refractivity contribution in [2.24, 2.45) is 0 Å². The van der Waals surface area contributed by atoms with E-state index in [1.54, 1.807) is 54.4 Å². The van der Waals surface area contributed by atoms with Crippen LogP contribution in [0.1, 0.15) is 17.8 Å². The highest BCUT2D eigenvalue weighted by Crippen LogP contribution is 2.15. The minimum absolute atomic E-state index is 0.134. The summed E-state index contributed by atoms with van der Waals surface area (Å²) in [6.07, 6.45) is 1.71. The Hall–Kier alpha value is -3.88. The first-order valence-corrected chi connectivity index (χ1v) is 9.43. The predicted molar refractivity (Wildman–Crippen MR) is 114 cm³/mol. The molecular weight excluding hydrogens is 384 g/mol. The highest BCUT2D eigenvalue weighted by atomic mass is 16.5. The molecule has 0 radical (unpaired) electrons. The molecule has 3 aromatic rings. The average molecular weight is 408 g/mol. The number of hydrogen-bond acceptors (Lipinski definition) is 5. The Bertz CT molecular complexity index is 1010. The molecule has 2 heterocycles. The lowest BCUT2D eigenvalue weighted by molar-refractivity contribution is -0.116. The number of methoxy groups -OCH3 is 1. The van der Waals surface area contributed by atoms with E-state index < -0.39 is 0 Å². The summed E-state index contributed by atoms with van der Waals surface area (Å²) in [4.78, 5) is 28.3. The summed E-state index contributed by atoms with van der Waals surface area (Å²) in [5.74, 6) is 1.16. The second-order valence-electron chi connectivity index (χ2n) is 6.65. The molecule has 2 aromatic heterocycles. The van der Waals surface area contributed by atoms with Crippen molar-refractivity contribution in [1.29, 1.82) is 0 Å². The van der Waals surface area contributed by atoms with Gasteiger partial charge in [0.1, 0.15) is 5.75 Å². The number of carbonyl (C=O) groups is 2. The Morgan fingerprint density at radius 3 is 2.37 bits per heavy atom. The smallest absolute Gasteiger partial charge is 0.319 e. The van der Waals surface area contributed by atoms with Gasteiger partial charge in [0.25, 0.3) is 0 Å². The Morgan fingerprint density at radius 2 is 1.77 bits per heavy atom. The summed E-state index contributed by atoms with van der Waals surface area (Å²) in [6, 6.07) is 12.1. The number of rotatable bonds is 7. The fourth-order valence-electron chi connectivity index (χ4n) is 2.81. The Kier molecular flexibility index (Phi) is 6.63. The molecule has 0 spiro atoms. The van der Waals surface area contributed by atoms with E-state index >= 15 is 0 Å². The number of carbonyl (C=O) groups excluding carboxylic acids is 2. The van der Waals surface area contributed by atoms with E-state index in [1.165, 1.54) is 0 Å². The van der Waals surface area contributed by atoms with Gasteiger partial charge in [-0.2, -0.15) is 5.10 Å². The largest absolute Gasteiger partial charge is 0.497 e. The highest BCUT2D eigenvalue weighted by molar-refractivity contribution is 5.92. The third-order valence-electron chi connectivity index (χ3n) is 4.24. The van der Waals surface area contributed by atoms with E-state index in [2.05, 4.69) is 26.0 Å². The number of amides is 3. The van der Waals surface area contributed by atoms with E-state index in [-0.39, 0.29) is 24.9 Å². The first-order chi connectivity index (χ1) is 14.4. The molecule has 30 heavy (non-hydrogen) atoms. The molecule has 0 aliphatic heterocycles. The van der Waals surface area contributed by atoms with Crippen LogP contribution in [0.15, 0.2) is 48.7 Å². The van der Waals surface area contributed by atoms with Gasteiger partial charge in [-0.15, -0.1) is 0 Å². The zero-order valence-electron chi connectivity index (χ0n) is 17.1. The number of urea groups is 1. The lowest BCUT2D eigenvalue weighted by Gasteiger charge is -2.09. The van der Waals surface area contributed by atoms with Crippen LogP contribution in [0.25, 0.3) is 5.82 Å². The van der Waals surface area contributed by atoms with E-state index in [0.29, 0.717) is 22.9 Å². The molecule has 156 valence electrons. The van der Waals surface area contributed by atoms with E-state index in [0.717, 1.165) is 11.4 Å². The van der Waals surface area contributed by atoms with Crippen molar-refractivity contribution in [1.82, 2.24) is 20.1 Å². The molecule has 1 aromatic carbocycles. The summed E-state index contributed by atoms with van der Waals surface area (Å²) < 4.78 is 6.81. The third-order valence-corrected chi connectivity index (χ3v) is 4.24. The van der Waals surface area contributed by atoms with Crippen LogP contribution >= 0.6 is 0 Å². The standard InChI is InChI=1S/C21H24N6O3/c1-14-12-15(2)27(26-14)19-9-6-17(13-23-19)24-20(28)10-11-22-21(29)25-16-4-7-18(30-3)8-5-16/h4-9,12-13H,10-11H2,1-3H3,(H,24,28)(H2,22,25,29). The topological polar surface area (TPSA) is 110 Å². The van der Waals surface area contributed by atoms with Gasteiger partial charge in [0.2, 0.25) is 5.91 Å². The van der Waals surface area contributed by atoms with Crippen LogP contribution in [-0.4, -0.2) is 40.4 Å². The number of aryl methyl sites for hydroxylation is 2. The minimum Gasteiger partial charge on any atom is -0.497 e. The van der Waals surface area contributed by atoms with Crippen molar-refractivity contribution in [3.05, 3.63) is 60.0 Å². The quantitative estimate of drug-likeness (QED) is 0.557. The van der Waals surface area contributed by atoms with Gasteiger partial charge in [-0.25, -0.2) is 14.5 Å². The van der Waals surface area contributed by atoms with Crippen LogP contribution < -0.4 is 20.7 Å². The molecule has 9 heteroatoms. The van der Waals surface area contributed by atoms with E-state index in [9.17, 15) is 9.59 Å². The van der Waals surface area contributed by atoms with Gasteiger partial charge in [0.05, 0.1) is 24.7 Å². The molecule has 0 unspecified atom stereocenters. The summed E-state index contributed by atoms with van der Waals surface area (Å²) >= 11 is 0. The van der Waals surface area contributed by atoms with Gasteiger partial charge in [-0.1, -0.05) is 0 Å². The van der Waals surface area contributed by atoms with E-state index in [4.69, 9.17) is 4.74 Å². The van der Waals surface area contributed by atoms with Gasteiger partial charge in [-0.05, 0) is 56.3 Å². The van der Waals surface area contributed by atoms with Crippen molar-refractivity contribution in [3.8, 4) is 11.6 Å². The van der Waals surface area contributed by atoms with Crippen LogP contribution in [0.3, 0.4) is 0 Å². The first-order valence-electron chi connectivity index (χ1n) is 9.43. The monoisotopic (exact) mass is 408 g/mol. The fraction of sp³-hybridized carbons (Fsp3) is 0.238. The van der Waals surface area contributed by atoms with Crippen molar-refractivity contribution in [2.75, 3.05) is 24.3 Å². The van der Waals surface area contributed by atoms with Crippen molar-refractivity contribution < 1.29 is 14.3 Å². The fourth-order valence-corrected chi connectivity index (χ4v) is 2.81. The van der Waals surface area contributed by atoms with Crippen LogP contribution in [0.2, 0.25) is 0 Å². The van der Waals surface area contributed by atoms with Crippen molar-refractivity contribution >= 4 is 23.3 Å². The molecule has 3 rings (SSSR count). The maximum Gasteiger partial charge on any atom is 0.319 e. The predicted octanol–water partition coefficient (Wildman–Crippen LogP) is 3.04. The first kappa shape index (κ1) is 20.8. The van der Waals surface area contributed by atoms with Gasteiger partial charge in [0.15, 0.2) is 5.82 Å². The van der Waals surface area contributed by atoms with Gasteiger partial charge >= 0.3 is 6.03 Å². The molecule has 0 fully saturated rings. The number of nitrogens with zero attached hydrogens (tertiary/aromatic N) is 3. The molecule has 0 aliphatic carbocycles. The van der Waals surface area contributed by atoms with Crippen molar-refractivity contribution in [3.63, 3.8) is 0 Å². The summed E-state index contributed by atoms with van der Waals surface area (Å²) in [7, 11) is 1.58. The second kappa shape index (κ2) is 9.55. The van der Waals surface area contributed by atoms with Crippen LogP contribution in [0, 0.1) is 13.8 Å². The van der Waals surface area contributed by atoms with Crippen LogP contribution in [0.5, 0.6) is 5.75 Å². The number of aromatic nitrogens is 3. The molecular formula is C21H24N6O3. The Labute approximate surface area is 174 Å². The maximum absolute atomic E-state index is 12.1. The van der Waals surface area contributed by atoms with Crippen LogP contribution in [0.4, 0.5) is 16.2 Å². The maximum atomic E-state index is 12.1. The lowest BCUT2D eigenvalue weighted by atomic mass is 10.3. The SMILES string of the molecule is COc1ccc(NC(=O)NCCC(=O)Nc2ccc(-n3nc(C)cc3C)nc2)cc1. The molecule has 9 nitrogen and oxygen atoms in total. The van der Waals surface area contributed by atoms with E-state index in [1.807, 2.05) is 19.9 Å². The molecule has 0 saturated carbocycles. The molecule has 0 aliphatic rings. The number of anilines is 2. The normalized spacial score (nSPS) is 10.4. The van der Waals surface area contributed by atoms with Crippen LogP contribution in [-0.2, 0) is 4.79 Å². The highest BCUT2D eigenvalue weighted by Gasteiger charge is 2.08. The third kappa shape index (κ3) is 5.57. The van der Waals surface area contributed by atoms with Gasteiger partial charge < -0.3 is 20.7 Å². The summed E-state index contributed by atoms with van der Waals surface area (Å²) in [5.41, 5.74) is 3.10. The van der Waals surface area contributed by atoms with Gasteiger partial charge in [0, 0.05) is 24.3 Å². The van der Waals surface area contributed by atoms with Gasteiger partial charge in [-0.3, -0.25) is 4.79 Å². The summed E-state index contributed by atoms with van der Waals surface area (Å²) in [6.45, 7) is 4.07. The number of ether oxygens (including phenoxy) is 1. The molecule has 3 N–H and O–H groups in total. The number of hydrogen-bond donors (Lipinski definition) is 3. The number of benzene rings is 1. The average Bonchev–Trinajstić information content (AvgIpc) is 3.07. The minimum atomic E-state index is -0.385. The number of nitrogens with one attached hydrogen (secondary N) is 3. The molecule has 0 bridgehead atoms. The second-order valence-corrected chi connectivity index (χ2v) is 6.65. The molecule has 3 amide bonds.